The van der Waals surface area contributed by atoms with Crippen LogP contribution in [0.25, 0.3) is 0 Å². The largest absolute Gasteiger partial charge is 0.377 e. The summed E-state index contributed by atoms with van der Waals surface area (Å²) in [4.78, 5) is 2.20. The van der Waals surface area contributed by atoms with Crippen LogP contribution in [0.3, 0.4) is 0 Å². The predicted molar refractivity (Wildman–Crippen MR) is 65.8 cm³/mol. The summed E-state index contributed by atoms with van der Waals surface area (Å²) in [6.45, 7) is 5.63. The fraction of sp³-hybridized carbons (Fsp3) is 1.00. The highest BCUT2D eigenvalue weighted by Crippen LogP contribution is 2.11. The van der Waals surface area contributed by atoms with Crippen molar-refractivity contribution in [2.75, 3.05) is 53.6 Å². The van der Waals surface area contributed by atoms with Crippen LogP contribution in [0.2, 0.25) is 0 Å². The summed E-state index contributed by atoms with van der Waals surface area (Å²) in [7, 11) is 4.20. The van der Waals surface area contributed by atoms with Crippen molar-refractivity contribution in [1.82, 2.24) is 10.2 Å². The van der Waals surface area contributed by atoms with Crippen LogP contribution in [0, 0.1) is 0 Å². The van der Waals surface area contributed by atoms with Gasteiger partial charge < -0.3 is 19.7 Å². The quantitative estimate of drug-likeness (QED) is 0.592. The maximum absolute atomic E-state index is 5.55. The minimum atomic E-state index is 0.355. The first-order valence-corrected chi connectivity index (χ1v) is 6.34. The average Bonchev–Trinajstić information content (AvgIpc) is 2.74. The average molecular weight is 230 g/mol. The highest BCUT2D eigenvalue weighted by Gasteiger charge is 2.14. The van der Waals surface area contributed by atoms with Gasteiger partial charge in [-0.25, -0.2) is 0 Å². The Morgan fingerprint density at radius 1 is 1.38 bits per heavy atom. The fourth-order valence-corrected chi connectivity index (χ4v) is 1.78. The molecule has 4 nitrogen and oxygen atoms in total. The first kappa shape index (κ1) is 13.9. The lowest BCUT2D eigenvalue weighted by atomic mass is 10.2. The molecule has 1 N–H and O–H groups in total. The normalized spacial score (nSPS) is 20.8. The zero-order valence-corrected chi connectivity index (χ0v) is 10.7. The Kier molecular flexibility index (Phi) is 7.76. The summed E-state index contributed by atoms with van der Waals surface area (Å²) in [5.41, 5.74) is 0. The Labute approximate surface area is 99.3 Å². The van der Waals surface area contributed by atoms with Crippen LogP contribution in [0.15, 0.2) is 0 Å². The zero-order valence-electron chi connectivity index (χ0n) is 10.7. The molecule has 0 aromatic heterocycles. The van der Waals surface area contributed by atoms with E-state index in [9.17, 15) is 0 Å². The summed E-state index contributed by atoms with van der Waals surface area (Å²) in [6.07, 6.45) is 3.90. The van der Waals surface area contributed by atoms with Gasteiger partial charge in [0.05, 0.1) is 19.3 Å². The smallest absolute Gasteiger partial charge is 0.0809 e. The van der Waals surface area contributed by atoms with Crippen LogP contribution < -0.4 is 5.32 Å². The number of hydrogen-bond acceptors (Lipinski definition) is 4. The van der Waals surface area contributed by atoms with Gasteiger partial charge in [0.15, 0.2) is 0 Å². The van der Waals surface area contributed by atoms with Gasteiger partial charge in [0, 0.05) is 13.2 Å². The van der Waals surface area contributed by atoms with E-state index >= 15 is 0 Å². The van der Waals surface area contributed by atoms with E-state index in [1.165, 1.54) is 12.8 Å². The fourth-order valence-electron chi connectivity index (χ4n) is 1.78. The molecular formula is C12H26N2O2. The summed E-state index contributed by atoms with van der Waals surface area (Å²) in [5, 5.41) is 3.37. The van der Waals surface area contributed by atoms with Gasteiger partial charge in [-0.2, -0.15) is 0 Å². The van der Waals surface area contributed by atoms with Gasteiger partial charge in [-0.15, -0.1) is 0 Å². The molecule has 0 amide bonds. The van der Waals surface area contributed by atoms with Gasteiger partial charge in [-0.05, 0) is 46.4 Å². The highest BCUT2D eigenvalue weighted by atomic mass is 16.5. The molecule has 0 aromatic rings. The van der Waals surface area contributed by atoms with Crippen molar-refractivity contribution in [3.05, 3.63) is 0 Å². The molecule has 1 saturated heterocycles. The molecule has 4 heteroatoms. The lowest BCUT2D eigenvalue weighted by molar-refractivity contribution is 0.0183. The van der Waals surface area contributed by atoms with E-state index in [-0.39, 0.29) is 0 Å². The molecule has 1 atom stereocenters. The lowest BCUT2D eigenvalue weighted by Gasteiger charge is -2.11. The molecule has 1 rings (SSSR count). The first-order valence-electron chi connectivity index (χ1n) is 6.34. The second-order valence-corrected chi connectivity index (χ2v) is 4.62. The number of hydrogen-bond donors (Lipinski definition) is 1. The zero-order chi connectivity index (χ0) is 11.6. The molecule has 1 aliphatic rings. The Morgan fingerprint density at radius 2 is 2.25 bits per heavy atom. The van der Waals surface area contributed by atoms with E-state index in [2.05, 4.69) is 24.3 Å². The second-order valence-electron chi connectivity index (χ2n) is 4.62. The standard InChI is InChI=1S/C12H26N2O2/c1-14(2)8-4-6-13-7-10-15-11-12-5-3-9-16-12/h12-13H,3-11H2,1-2H3. The third-order valence-electron chi connectivity index (χ3n) is 2.71. The van der Waals surface area contributed by atoms with Crippen molar-refractivity contribution in [3.63, 3.8) is 0 Å². The maximum Gasteiger partial charge on any atom is 0.0809 e. The van der Waals surface area contributed by atoms with Gasteiger partial charge in [0.25, 0.3) is 0 Å². The molecule has 1 fully saturated rings. The number of rotatable bonds is 9. The van der Waals surface area contributed by atoms with Crippen molar-refractivity contribution in [2.24, 2.45) is 0 Å². The number of nitrogens with one attached hydrogen (secondary N) is 1. The van der Waals surface area contributed by atoms with E-state index in [0.29, 0.717) is 6.10 Å². The van der Waals surface area contributed by atoms with E-state index in [1.54, 1.807) is 0 Å². The topological polar surface area (TPSA) is 33.7 Å². The molecule has 0 aliphatic carbocycles. The summed E-state index contributed by atoms with van der Waals surface area (Å²) in [6, 6.07) is 0. The van der Waals surface area contributed by atoms with Gasteiger partial charge >= 0.3 is 0 Å². The maximum atomic E-state index is 5.55. The molecule has 0 aromatic carbocycles. The molecule has 0 spiro atoms. The SMILES string of the molecule is CN(C)CCCNCCOCC1CCCO1. The van der Waals surface area contributed by atoms with E-state index in [1.807, 2.05) is 0 Å². The van der Waals surface area contributed by atoms with Crippen LogP contribution in [0.4, 0.5) is 0 Å². The Balaban J connectivity index is 1.74. The van der Waals surface area contributed by atoms with E-state index < -0.39 is 0 Å². The molecule has 1 aliphatic heterocycles. The highest BCUT2D eigenvalue weighted by molar-refractivity contribution is 4.63. The van der Waals surface area contributed by atoms with Gasteiger partial charge in [-0.1, -0.05) is 0 Å². The summed E-state index contributed by atoms with van der Waals surface area (Å²) in [5.74, 6) is 0. The van der Waals surface area contributed by atoms with Crippen LogP contribution >= 0.6 is 0 Å². The molecule has 0 saturated carbocycles. The second kappa shape index (κ2) is 8.93. The van der Waals surface area contributed by atoms with E-state index in [4.69, 9.17) is 9.47 Å². The summed E-state index contributed by atoms with van der Waals surface area (Å²) < 4.78 is 11.0. The third-order valence-corrected chi connectivity index (χ3v) is 2.71. The minimum Gasteiger partial charge on any atom is -0.377 e. The monoisotopic (exact) mass is 230 g/mol. The molecular weight excluding hydrogens is 204 g/mol. The molecule has 16 heavy (non-hydrogen) atoms. The van der Waals surface area contributed by atoms with Crippen molar-refractivity contribution < 1.29 is 9.47 Å². The summed E-state index contributed by atoms with van der Waals surface area (Å²) >= 11 is 0. The Hall–Kier alpha value is -0.160. The van der Waals surface area contributed by atoms with Crippen LogP contribution in [0.5, 0.6) is 0 Å². The third kappa shape index (κ3) is 7.17. The van der Waals surface area contributed by atoms with Crippen molar-refractivity contribution >= 4 is 0 Å². The Morgan fingerprint density at radius 3 is 2.94 bits per heavy atom. The lowest BCUT2D eigenvalue weighted by Crippen LogP contribution is -2.25. The number of nitrogens with zero attached hydrogens (tertiary/aromatic N) is 1. The van der Waals surface area contributed by atoms with Crippen molar-refractivity contribution in [2.45, 2.75) is 25.4 Å². The van der Waals surface area contributed by atoms with Gasteiger partial charge in [0.2, 0.25) is 0 Å². The Bertz CT molecular complexity index is 159. The minimum absolute atomic E-state index is 0.355. The van der Waals surface area contributed by atoms with Crippen LogP contribution in [-0.4, -0.2) is 64.6 Å². The van der Waals surface area contributed by atoms with Crippen LogP contribution in [0.1, 0.15) is 19.3 Å². The van der Waals surface area contributed by atoms with E-state index in [0.717, 1.165) is 45.9 Å². The molecule has 1 unspecified atom stereocenters. The van der Waals surface area contributed by atoms with Gasteiger partial charge in [-0.3, -0.25) is 0 Å². The molecule has 96 valence electrons. The first-order chi connectivity index (χ1) is 7.79. The van der Waals surface area contributed by atoms with Gasteiger partial charge in [0.1, 0.15) is 0 Å². The van der Waals surface area contributed by atoms with Crippen LogP contribution in [-0.2, 0) is 9.47 Å². The van der Waals surface area contributed by atoms with Crippen molar-refractivity contribution in [1.29, 1.82) is 0 Å². The molecule has 0 radical (unpaired) electrons. The predicted octanol–water partition coefficient (Wildman–Crippen LogP) is 0.723. The van der Waals surface area contributed by atoms with Crippen molar-refractivity contribution in [3.8, 4) is 0 Å². The number of ether oxygens (including phenoxy) is 2. The molecule has 0 bridgehead atoms. The molecule has 1 heterocycles.